The number of carbonyl (C=O) groups excluding carboxylic acids is 1. The Morgan fingerprint density at radius 2 is 2.25 bits per heavy atom. The summed E-state index contributed by atoms with van der Waals surface area (Å²) in [7, 11) is 1.72. The fourth-order valence-corrected chi connectivity index (χ4v) is 1.77. The smallest absolute Gasteiger partial charge is 0.246 e. The average Bonchev–Trinajstić information content (AvgIpc) is 2.81. The van der Waals surface area contributed by atoms with Crippen molar-refractivity contribution in [1.29, 1.82) is 0 Å². The molecule has 5 heteroatoms. The topological polar surface area (TPSA) is 72.4 Å². The molecule has 0 aliphatic rings. The maximum absolute atomic E-state index is 12.0. The minimum absolute atomic E-state index is 0.104. The van der Waals surface area contributed by atoms with E-state index in [-0.39, 0.29) is 5.91 Å². The van der Waals surface area contributed by atoms with Crippen LogP contribution in [0.2, 0.25) is 0 Å². The SMILES string of the molecule is Cc1cc(CN(C)C(=O)/C=C/c2cccc(N)c2)no1. The zero-order valence-corrected chi connectivity index (χ0v) is 11.5. The molecule has 2 aromatic rings. The molecule has 20 heavy (non-hydrogen) atoms. The van der Waals surface area contributed by atoms with E-state index >= 15 is 0 Å². The minimum atomic E-state index is -0.104. The first-order chi connectivity index (χ1) is 9.54. The quantitative estimate of drug-likeness (QED) is 0.683. The van der Waals surface area contributed by atoms with Gasteiger partial charge >= 0.3 is 0 Å². The second-order valence-electron chi connectivity index (χ2n) is 4.63. The van der Waals surface area contributed by atoms with Gasteiger partial charge in [-0.3, -0.25) is 4.79 Å². The molecular formula is C15H17N3O2. The largest absolute Gasteiger partial charge is 0.399 e. The number of benzene rings is 1. The lowest BCUT2D eigenvalue weighted by molar-refractivity contribution is -0.125. The zero-order chi connectivity index (χ0) is 14.5. The van der Waals surface area contributed by atoms with Crippen LogP contribution in [0.15, 0.2) is 40.9 Å². The highest BCUT2D eigenvalue weighted by Gasteiger charge is 2.08. The molecule has 0 radical (unpaired) electrons. The molecule has 0 spiro atoms. The molecule has 2 rings (SSSR count). The van der Waals surface area contributed by atoms with Gasteiger partial charge in [-0.05, 0) is 30.7 Å². The minimum Gasteiger partial charge on any atom is -0.399 e. The molecule has 0 saturated heterocycles. The van der Waals surface area contributed by atoms with E-state index in [0.717, 1.165) is 17.0 Å². The number of anilines is 1. The summed E-state index contributed by atoms with van der Waals surface area (Å²) in [4.78, 5) is 13.5. The number of nitrogens with two attached hydrogens (primary N) is 1. The second-order valence-corrected chi connectivity index (χ2v) is 4.63. The van der Waals surface area contributed by atoms with Crippen LogP contribution in [-0.2, 0) is 11.3 Å². The molecule has 2 N–H and O–H groups in total. The first-order valence-corrected chi connectivity index (χ1v) is 6.25. The van der Waals surface area contributed by atoms with Crippen molar-refractivity contribution in [2.75, 3.05) is 12.8 Å². The van der Waals surface area contributed by atoms with Gasteiger partial charge in [0, 0.05) is 24.9 Å². The molecule has 0 unspecified atom stereocenters. The van der Waals surface area contributed by atoms with E-state index in [1.165, 1.54) is 6.08 Å². The van der Waals surface area contributed by atoms with Gasteiger partial charge in [0.1, 0.15) is 11.5 Å². The third-order valence-corrected chi connectivity index (χ3v) is 2.78. The Bertz CT molecular complexity index is 632. The van der Waals surface area contributed by atoms with E-state index in [1.807, 2.05) is 31.2 Å². The number of nitrogens with zero attached hydrogens (tertiary/aromatic N) is 2. The number of hydrogen-bond donors (Lipinski definition) is 1. The number of rotatable bonds is 4. The highest BCUT2D eigenvalue weighted by atomic mass is 16.5. The molecule has 0 saturated carbocycles. The first-order valence-electron chi connectivity index (χ1n) is 6.25. The lowest BCUT2D eigenvalue weighted by atomic mass is 10.2. The predicted octanol–water partition coefficient (Wildman–Crippen LogP) is 2.24. The van der Waals surface area contributed by atoms with Gasteiger partial charge in [-0.15, -0.1) is 0 Å². The normalized spacial score (nSPS) is 10.9. The van der Waals surface area contributed by atoms with E-state index < -0.39 is 0 Å². The summed E-state index contributed by atoms with van der Waals surface area (Å²) in [5.74, 6) is 0.629. The van der Waals surface area contributed by atoms with Crippen LogP contribution in [0, 0.1) is 6.92 Å². The van der Waals surface area contributed by atoms with Crippen molar-refractivity contribution >= 4 is 17.7 Å². The number of aryl methyl sites for hydroxylation is 1. The number of hydrogen-bond acceptors (Lipinski definition) is 4. The number of nitrogen functional groups attached to an aromatic ring is 1. The molecule has 1 aromatic heterocycles. The molecule has 1 heterocycles. The van der Waals surface area contributed by atoms with Gasteiger partial charge in [0.25, 0.3) is 0 Å². The van der Waals surface area contributed by atoms with E-state index in [4.69, 9.17) is 10.3 Å². The Hall–Kier alpha value is -2.56. The summed E-state index contributed by atoms with van der Waals surface area (Å²) < 4.78 is 4.97. The van der Waals surface area contributed by atoms with Gasteiger partial charge in [0.15, 0.2) is 0 Å². The highest BCUT2D eigenvalue weighted by Crippen LogP contribution is 2.09. The summed E-state index contributed by atoms with van der Waals surface area (Å²) in [6, 6.07) is 9.16. The first kappa shape index (κ1) is 13.9. The summed E-state index contributed by atoms with van der Waals surface area (Å²) >= 11 is 0. The van der Waals surface area contributed by atoms with Crippen molar-refractivity contribution in [3.05, 3.63) is 53.4 Å². The van der Waals surface area contributed by atoms with Gasteiger partial charge in [-0.2, -0.15) is 0 Å². The van der Waals surface area contributed by atoms with Crippen LogP contribution in [0.1, 0.15) is 17.0 Å². The van der Waals surface area contributed by atoms with Crippen molar-refractivity contribution in [2.24, 2.45) is 0 Å². The third kappa shape index (κ3) is 3.71. The van der Waals surface area contributed by atoms with Crippen molar-refractivity contribution in [2.45, 2.75) is 13.5 Å². The molecule has 0 aliphatic heterocycles. The second kappa shape index (κ2) is 6.06. The average molecular weight is 271 g/mol. The summed E-state index contributed by atoms with van der Waals surface area (Å²) in [5.41, 5.74) is 7.98. The number of carbonyl (C=O) groups is 1. The van der Waals surface area contributed by atoms with Gasteiger partial charge in [-0.25, -0.2) is 0 Å². The Kier molecular flexibility index (Phi) is 4.20. The molecular weight excluding hydrogens is 254 g/mol. The predicted molar refractivity (Wildman–Crippen MR) is 77.6 cm³/mol. The summed E-state index contributed by atoms with van der Waals surface area (Å²) in [5, 5.41) is 3.86. The van der Waals surface area contributed by atoms with Crippen molar-refractivity contribution in [1.82, 2.24) is 10.1 Å². The zero-order valence-electron chi connectivity index (χ0n) is 11.5. The van der Waals surface area contributed by atoms with E-state index in [9.17, 15) is 4.79 Å². The maximum Gasteiger partial charge on any atom is 0.246 e. The molecule has 104 valence electrons. The van der Waals surface area contributed by atoms with E-state index in [1.54, 1.807) is 24.1 Å². The Balaban J connectivity index is 1.97. The van der Waals surface area contributed by atoms with Crippen LogP contribution in [0.5, 0.6) is 0 Å². The molecule has 0 fully saturated rings. The molecule has 1 aromatic carbocycles. The van der Waals surface area contributed by atoms with Crippen LogP contribution >= 0.6 is 0 Å². The lowest BCUT2D eigenvalue weighted by Gasteiger charge is -2.12. The number of likely N-dealkylation sites (N-methyl/N-ethyl adjacent to an activating group) is 1. The van der Waals surface area contributed by atoms with Gasteiger partial charge in [0.05, 0.1) is 6.54 Å². The number of amides is 1. The van der Waals surface area contributed by atoms with Crippen LogP contribution < -0.4 is 5.73 Å². The monoisotopic (exact) mass is 271 g/mol. The van der Waals surface area contributed by atoms with E-state index in [0.29, 0.717) is 12.2 Å². The standard InChI is InChI=1S/C15H17N3O2/c1-11-8-14(17-20-11)10-18(2)15(19)7-6-12-4-3-5-13(16)9-12/h3-9H,10,16H2,1-2H3/b7-6+. The molecule has 0 aliphatic carbocycles. The fourth-order valence-electron chi connectivity index (χ4n) is 1.77. The summed E-state index contributed by atoms with van der Waals surface area (Å²) in [6.07, 6.45) is 3.25. The Morgan fingerprint density at radius 3 is 2.90 bits per heavy atom. The van der Waals surface area contributed by atoms with Crippen LogP contribution in [0.4, 0.5) is 5.69 Å². The fraction of sp³-hybridized carbons (Fsp3) is 0.200. The van der Waals surface area contributed by atoms with Crippen molar-refractivity contribution < 1.29 is 9.32 Å². The molecule has 0 atom stereocenters. The van der Waals surface area contributed by atoms with Crippen molar-refractivity contribution in [3.63, 3.8) is 0 Å². The van der Waals surface area contributed by atoms with E-state index in [2.05, 4.69) is 5.16 Å². The lowest BCUT2D eigenvalue weighted by Crippen LogP contribution is -2.24. The summed E-state index contributed by atoms with van der Waals surface area (Å²) in [6.45, 7) is 2.23. The highest BCUT2D eigenvalue weighted by molar-refractivity contribution is 5.91. The third-order valence-electron chi connectivity index (χ3n) is 2.78. The van der Waals surface area contributed by atoms with Crippen LogP contribution in [0.3, 0.4) is 0 Å². The Morgan fingerprint density at radius 1 is 1.45 bits per heavy atom. The Labute approximate surface area is 117 Å². The molecule has 1 amide bonds. The number of aromatic nitrogens is 1. The van der Waals surface area contributed by atoms with Gasteiger partial charge in [-0.1, -0.05) is 17.3 Å². The van der Waals surface area contributed by atoms with Gasteiger partial charge in [0.2, 0.25) is 5.91 Å². The van der Waals surface area contributed by atoms with Crippen LogP contribution in [-0.4, -0.2) is 23.0 Å². The molecule has 5 nitrogen and oxygen atoms in total. The van der Waals surface area contributed by atoms with Gasteiger partial charge < -0.3 is 15.2 Å². The van der Waals surface area contributed by atoms with Crippen LogP contribution in [0.25, 0.3) is 6.08 Å². The maximum atomic E-state index is 12.0. The van der Waals surface area contributed by atoms with Crippen molar-refractivity contribution in [3.8, 4) is 0 Å². The molecule has 0 bridgehead atoms.